The summed E-state index contributed by atoms with van der Waals surface area (Å²) in [7, 11) is 0. The van der Waals surface area contributed by atoms with Gasteiger partial charge in [0.25, 0.3) is 11.6 Å². The Bertz CT molecular complexity index is 771. The second kappa shape index (κ2) is 5.84. The smallest absolute Gasteiger partial charge is 0.259 e. The van der Waals surface area contributed by atoms with Crippen molar-refractivity contribution < 1.29 is 9.32 Å². The van der Waals surface area contributed by atoms with Crippen LogP contribution in [0.15, 0.2) is 10.6 Å². The highest BCUT2D eigenvalue weighted by atomic mass is 16.5. The van der Waals surface area contributed by atoms with Crippen molar-refractivity contribution in [3.8, 4) is 0 Å². The summed E-state index contributed by atoms with van der Waals surface area (Å²) in [4.78, 5) is 17.3. The Hall–Kier alpha value is -1.95. The molecule has 2 aromatic heterocycles. The number of hydrogen-bond acceptors (Lipinski definition) is 5. The van der Waals surface area contributed by atoms with Crippen molar-refractivity contribution in [3.63, 3.8) is 0 Å². The van der Waals surface area contributed by atoms with E-state index in [2.05, 4.69) is 20.8 Å². The zero-order valence-corrected chi connectivity index (χ0v) is 14.4. The topological polar surface area (TPSA) is 80.0 Å². The van der Waals surface area contributed by atoms with E-state index in [1.54, 1.807) is 0 Å². The number of rotatable bonds is 3. The fourth-order valence-corrected chi connectivity index (χ4v) is 4.11. The van der Waals surface area contributed by atoms with E-state index < -0.39 is 0 Å². The zero-order chi connectivity index (χ0) is 16.8. The van der Waals surface area contributed by atoms with Gasteiger partial charge in [-0.05, 0) is 44.6 Å². The predicted molar refractivity (Wildman–Crippen MR) is 91.1 cm³/mol. The quantitative estimate of drug-likeness (QED) is 0.905. The molecule has 0 spiro atoms. The van der Waals surface area contributed by atoms with Gasteiger partial charge in [-0.25, -0.2) is 4.98 Å². The van der Waals surface area contributed by atoms with Gasteiger partial charge in [0.1, 0.15) is 0 Å². The normalized spacial score (nSPS) is 26.2. The van der Waals surface area contributed by atoms with Crippen LogP contribution in [0, 0.1) is 6.92 Å². The lowest BCUT2D eigenvalue weighted by molar-refractivity contribution is 0.0925. The molecule has 0 aliphatic carbocycles. The van der Waals surface area contributed by atoms with Crippen LogP contribution < -0.4 is 10.6 Å². The van der Waals surface area contributed by atoms with E-state index in [0.717, 1.165) is 29.6 Å². The van der Waals surface area contributed by atoms with E-state index in [9.17, 15) is 4.79 Å². The first kappa shape index (κ1) is 15.6. The van der Waals surface area contributed by atoms with Gasteiger partial charge in [0.05, 0.1) is 16.6 Å². The number of amides is 1. The maximum Gasteiger partial charge on any atom is 0.259 e. The number of hydrogen-bond donors (Lipinski definition) is 2. The SMILES string of the molecule is Cc1cc(C(=O)NC2CC3CCC(C2)N3)c2c(C(C)C)noc2n1. The summed E-state index contributed by atoms with van der Waals surface area (Å²) >= 11 is 0. The van der Waals surface area contributed by atoms with Crippen molar-refractivity contribution in [2.24, 2.45) is 0 Å². The molecule has 2 aliphatic heterocycles. The molecule has 2 fully saturated rings. The van der Waals surface area contributed by atoms with Crippen molar-refractivity contribution in [2.45, 2.75) is 70.5 Å². The van der Waals surface area contributed by atoms with Crippen LogP contribution in [0.25, 0.3) is 11.1 Å². The third kappa shape index (κ3) is 2.69. The molecule has 2 aromatic rings. The van der Waals surface area contributed by atoms with Crippen LogP contribution in [-0.4, -0.2) is 34.2 Å². The van der Waals surface area contributed by atoms with Crippen molar-refractivity contribution in [3.05, 3.63) is 23.0 Å². The molecule has 6 heteroatoms. The number of pyridine rings is 1. The minimum absolute atomic E-state index is 0.0399. The number of nitrogens with zero attached hydrogens (tertiary/aromatic N) is 2. The van der Waals surface area contributed by atoms with E-state index in [1.807, 2.05) is 26.8 Å². The summed E-state index contributed by atoms with van der Waals surface area (Å²) in [5.74, 6) is 0.138. The van der Waals surface area contributed by atoms with Gasteiger partial charge < -0.3 is 15.2 Å². The van der Waals surface area contributed by atoms with Gasteiger partial charge in [0.15, 0.2) is 0 Å². The monoisotopic (exact) mass is 328 g/mol. The van der Waals surface area contributed by atoms with E-state index >= 15 is 0 Å². The summed E-state index contributed by atoms with van der Waals surface area (Å²) in [5, 5.41) is 11.7. The van der Waals surface area contributed by atoms with Gasteiger partial charge in [-0.1, -0.05) is 19.0 Å². The average molecular weight is 328 g/mol. The molecule has 0 saturated carbocycles. The lowest BCUT2D eigenvalue weighted by Crippen LogP contribution is -2.48. The molecule has 24 heavy (non-hydrogen) atoms. The Labute approximate surface area is 141 Å². The standard InChI is InChI=1S/C18H24N4O2/c1-9(2)16-15-14(6-10(3)19-18(15)24-22-16)17(23)21-13-7-11-4-5-12(8-13)20-11/h6,9,11-13,20H,4-5,7-8H2,1-3H3,(H,21,23). The Morgan fingerprint density at radius 1 is 1.33 bits per heavy atom. The number of carbonyl (C=O) groups is 1. The van der Waals surface area contributed by atoms with Crippen LogP contribution in [0.1, 0.15) is 67.2 Å². The summed E-state index contributed by atoms with van der Waals surface area (Å²) < 4.78 is 5.36. The molecule has 2 aliphatic rings. The number of fused-ring (bicyclic) bond motifs is 3. The highest BCUT2D eigenvalue weighted by Gasteiger charge is 2.34. The highest BCUT2D eigenvalue weighted by Crippen LogP contribution is 2.29. The molecular formula is C18H24N4O2. The van der Waals surface area contributed by atoms with Gasteiger partial charge in [-0.3, -0.25) is 4.79 Å². The van der Waals surface area contributed by atoms with Crippen molar-refractivity contribution in [1.29, 1.82) is 0 Å². The number of carbonyl (C=O) groups excluding carboxylic acids is 1. The number of aryl methyl sites for hydroxylation is 1. The lowest BCUT2D eigenvalue weighted by Gasteiger charge is -2.29. The number of piperidine rings is 1. The third-order valence-corrected chi connectivity index (χ3v) is 5.20. The molecule has 1 amide bonds. The third-order valence-electron chi connectivity index (χ3n) is 5.20. The molecule has 0 aromatic carbocycles. The van der Waals surface area contributed by atoms with Gasteiger partial charge in [0, 0.05) is 23.8 Å². The van der Waals surface area contributed by atoms with E-state index in [-0.39, 0.29) is 17.9 Å². The summed E-state index contributed by atoms with van der Waals surface area (Å²) in [6.07, 6.45) is 4.46. The Balaban J connectivity index is 1.65. The molecule has 128 valence electrons. The fraction of sp³-hybridized carbons (Fsp3) is 0.611. The minimum Gasteiger partial charge on any atom is -0.349 e. The summed E-state index contributed by atoms with van der Waals surface area (Å²) in [5.41, 5.74) is 2.65. The van der Waals surface area contributed by atoms with Crippen LogP contribution in [0.4, 0.5) is 0 Å². The first-order chi connectivity index (χ1) is 11.5. The fourth-order valence-electron chi connectivity index (χ4n) is 4.11. The largest absolute Gasteiger partial charge is 0.349 e. The molecule has 0 radical (unpaired) electrons. The second-order valence-corrected chi connectivity index (χ2v) is 7.49. The zero-order valence-electron chi connectivity index (χ0n) is 14.4. The summed E-state index contributed by atoms with van der Waals surface area (Å²) in [6.45, 7) is 5.96. The van der Waals surface area contributed by atoms with E-state index in [0.29, 0.717) is 23.4 Å². The first-order valence-electron chi connectivity index (χ1n) is 8.85. The highest BCUT2D eigenvalue weighted by molar-refractivity contribution is 6.06. The van der Waals surface area contributed by atoms with Crippen molar-refractivity contribution in [1.82, 2.24) is 20.8 Å². The molecule has 2 N–H and O–H groups in total. The van der Waals surface area contributed by atoms with Gasteiger partial charge in [-0.15, -0.1) is 0 Å². The maximum atomic E-state index is 13.0. The average Bonchev–Trinajstić information content (AvgIpc) is 3.09. The van der Waals surface area contributed by atoms with Crippen LogP contribution >= 0.6 is 0 Å². The molecular weight excluding hydrogens is 304 g/mol. The predicted octanol–water partition coefficient (Wildman–Crippen LogP) is 2.67. The van der Waals surface area contributed by atoms with Gasteiger partial charge in [-0.2, -0.15) is 0 Å². The molecule has 2 bridgehead atoms. The molecule has 2 unspecified atom stereocenters. The molecule has 4 heterocycles. The Morgan fingerprint density at radius 2 is 2.04 bits per heavy atom. The van der Waals surface area contributed by atoms with Crippen LogP contribution in [0.5, 0.6) is 0 Å². The van der Waals surface area contributed by atoms with Crippen molar-refractivity contribution in [2.75, 3.05) is 0 Å². The maximum absolute atomic E-state index is 13.0. The second-order valence-electron chi connectivity index (χ2n) is 7.49. The molecule has 4 rings (SSSR count). The summed E-state index contributed by atoms with van der Waals surface area (Å²) in [6, 6.07) is 3.18. The molecule has 2 saturated heterocycles. The van der Waals surface area contributed by atoms with Crippen LogP contribution in [0.2, 0.25) is 0 Å². The Kier molecular flexibility index (Phi) is 3.79. The van der Waals surface area contributed by atoms with Gasteiger partial charge in [0.2, 0.25) is 0 Å². The van der Waals surface area contributed by atoms with Gasteiger partial charge >= 0.3 is 0 Å². The van der Waals surface area contributed by atoms with E-state index in [1.165, 1.54) is 12.8 Å². The van der Waals surface area contributed by atoms with Crippen molar-refractivity contribution >= 4 is 17.0 Å². The minimum atomic E-state index is -0.0399. The molecule has 2 atom stereocenters. The number of aromatic nitrogens is 2. The number of nitrogens with one attached hydrogen (secondary N) is 2. The first-order valence-corrected chi connectivity index (χ1v) is 8.85. The lowest BCUT2D eigenvalue weighted by atomic mass is 9.98. The van der Waals surface area contributed by atoms with E-state index in [4.69, 9.17) is 4.52 Å². The van der Waals surface area contributed by atoms with Crippen LogP contribution in [-0.2, 0) is 0 Å². The molecule has 6 nitrogen and oxygen atoms in total. The Morgan fingerprint density at radius 3 is 2.71 bits per heavy atom. The van der Waals surface area contributed by atoms with Crippen LogP contribution in [0.3, 0.4) is 0 Å².